The van der Waals surface area contributed by atoms with E-state index in [-0.39, 0.29) is 4.90 Å². The van der Waals surface area contributed by atoms with Crippen molar-refractivity contribution in [1.29, 1.82) is 0 Å². The van der Waals surface area contributed by atoms with E-state index in [0.717, 1.165) is 27.6 Å². The number of carbonyl (C=O) groups excluding carboxylic acids is 1. The molecule has 8 heteroatoms. The molecule has 0 heterocycles. The van der Waals surface area contributed by atoms with Gasteiger partial charge >= 0.3 is 0 Å². The lowest BCUT2D eigenvalue weighted by molar-refractivity contribution is -0.119. The van der Waals surface area contributed by atoms with Gasteiger partial charge in [0.25, 0.3) is 15.9 Å². The molecule has 178 valence electrons. The molecule has 0 aliphatic carbocycles. The molecular formula is C26H29N3O4S. The van der Waals surface area contributed by atoms with Crippen molar-refractivity contribution in [2.45, 2.75) is 31.6 Å². The monoisotopic (exact) mass is 479 g/mol. The molecule has 0 atom stereocenters. The number of nitrogens with zero attached hydrogens (tertiary/aromatic N) is 2. The minimum Gasteiger partial charge on any atom is -0.494 e. The smallest absolute Gasteiger partial charge is 0.264 e. The fourth-order valence-electron chi connectivity index (χ4n) is 3.29. The topological polar surface area (TPSA) is 88.1 Å². The van der Waals surface area contributed by atoms with Crippen molar-refractivity contribution in [1.82, 2.24) is 5.43 Å². The molecule has 0 radical (unpaired) electrons. The van der Waals surface area contributed by atoms with E-state index in [4.69, 9.17) is 4.74 Å². The van der Waals surface area contributed by atoms with Gasteiger partial charge in [-0.15, -0.1) is 0 Å². The Bertz CT molecular complexity index is 1210. The summed E-state index contributed by atoms with van der Waals surface area (Å²) in [4.78, 5) is 12.8. The van der Waals surface area contributed by atoms with E-state index in [2.05, 4.69) is 10.5 Å². The molecule has 0 saturated heterocycles. The summed E-state index contributed by atoms with van der Waals surface area (Å²) in [7, 11) is -3.96. The summed E-state index contributed by atoms with van der Waals surface area (Å²) in [5, 5.41) is 3.99. The van der Waals surface area contributed by atoms with E-state index in [1.165, 1.54) is 18.3 Å². The number of amides is 1. The van der Waals surface area contributed by atoms with E-state index >= 15 is 0 Å². The number of benzene rings is 3. The highest BCUT2D eigenvalue weighted by Gasteiger charge is 2.28. The minimum absolute atomic E-state index is 0.114. The Hall–Kier alpha value is -3.65. The first-order valence-electron chi connectivity index (χ1n) is 11.2. The van der Waals surface area contributed by atoms with Crippen LogP contribution < -0.4 is 14.5 Å². The Kier molecular flexibility index (Phi) is 8.81. The molecule has 0 saturated carbocycles. The van der Waals surface area contributed by atoms with Crippen LogP contribution in [0, 0.1) is 0 Å². The summed E-state index contributed by atoms with van der Waals surface area (Å²) in [6.45, 7) is 4.22. The number of para-hydroxylation sites is 1. The number of rotatable bonds is 11. The zero-order valence-electron chi connectivity index (χ0n) is 19.3. The van der Waals surface area contributed by atoms with Crippen LogP contribution in [0.4, 0.5) is 5.69 Å². The van der Waals surface area contributed by atoms with Gasteiger partial charge in [-0.1, -0.05) is 50.2 Å². The first kappa shape index (κ1) is 25.0. The van der Waals surface area contributed by atoms with Crippen molar-refractivity contribution in [3.05, 3.63) is 90.0 Å². The Labute approximate surface area is 201 Å². The lowest BCUT2D eigenvalue weighted by atomic mass is 10.1. The number of ether oxygens (including phenoxy) is 1. The quantitative estimate of drug-likeness (QED) is 0.326. The van der Waals surface area contributed by atoms with Crippen LogP contribution in [0.1, 0.15) is 31.4 Å². The third-order valence-corrected chi connectivity index (χ3v) is 6.79. The average Bonchev–Trinajstić information content (AvgIpc) is 2.87. The minimum atomic E-state index is -3.96. The van der Waals surface area contributed by atoms with Crippen LogP contribution in [0.5, 0.6) is 5.75 Å². The van der Waals surface area contributed by atoms with Gasteiger partial charge in [0.1, 0.15) is 12.3 Å². The van der Waals surface area contributed by atoms with Gasteiger partial charge in [0.2, 0.25) is 0 Å². The summed E-state index contributed by atoms with van der Waals surface area (Å²) in [6, 6.07) is 22.5. The van der Waals surface area contributed by atoms with Gasteiger partial charge < -0.3 is 4.74 Å². The molecule has 1 amide bonds. The van der Waals surface area contributed by atoms with Gasteiger partial charge in [0.05, 0.1) is 23.4 Å². The van der Waals surface area contributed by atoms with Crippen molar-refractivity contribution in [3.8, 4) is 5.75 Å². The largest absolute Gasteiger partial charge is 0.494 e. The van der Waals surface area contributed by atoms with E-state index in [9.17, 15) is 13.2 Å². The Morgan fingerprint density at radius 1 is 0.971 bits per heavy atom. The number of sulfonamides is 1. The second kappa shape index (κ2) is 12.0. The van der Waals surface area contributed by atoms with Crippen LogP contribution in [0.25, 0.3) is 0 Å². The van der Waals surface area contributed by atoms with Crippen LogP contribution in [-0.4, -0.2) is 33.7 Å². The molecule has 7 nitrogen and oxygen atoms in total. The second-order valence-corrected chi connectivity index (χ2v) is 9.38. The van der Waals surface area contributed by atoms with E-state index < -0.39 is 22.5 Å². The number of carbonyl (C=O) groups is 1. The molecule has 3 aromatic carbocycles. The third-order valence-electron chi connectivity index (χ3n) is 5.02. The number of hydrazone groups is 1. The van der Waals surface area contributed by atoms with Gasteiger partial charge in [-0.3, -0.25) is 9.10 Å². The normalized spacial score (nSPS) is 11.4. The molecule has 1 N–H and O–H groups in total. The van der Waals surface area contributed by atoms with Crippen LogP contribution >= 0.6 is 0 Å². The summed E-state index contributed by atoms with van der Waals surface area (Å²) in [5.74, 6) is 0.212. The van der Waals surface area contributed by atoms with E-state index in [1.54, 1.807) is 30.3 Å². The molecule has 3 rings (SSSR count). The van der Waals surface area contributed by atoms with Crippen molar-refractivity contribution in [2.75, 3.05) is 17.5 Å². The van der Waals surface area contributed by atoms with Crippen molar-refractivity contribution in [2.24, 2.45) is 5.10 Å². The predicted molar refractivity (Wildman–Crippen MR) is 135 cm³/mol. The number of hydrogen-bond acceptors (Lipinski definition) is 5. The van der Waals surface area contributed by atoms with Crippen LogP contribution in [0.15, 0.2) is 88.9 Å². The Morgan fingerprint density at radius 3 is 2.32 bits per heavy atom. The van der Waals surface area contributed by atoms with Crippen molar-refractivity contribution < 1.29 is 17.9 Å². The van der Waals surface area contributed by atoms with Gasteiger partial charge in [0, 0.05) is 0 Å². The molecular weight excluding hydrogens is 450 g/mol. The van der Waals surface area contributed by atoms with Crippen LogP contribution in [-0.2, 0) is 21.2 Å². The molecule has 0 aliphatic heterocycles. The maximum atomic E-state index is 13.4. The van der Waals surface area contributed by atoms with Gasteiger partial charge in [0.15, 0.2) is 0 Å². The average molecular weight is 480 g/mol. The van der Waals surface area contributed by atoms with Crippen LogP contribution in [0.2, 0.25) is 0 Å². The van der Waals surface area contributed by atoms with Crippen LogP contribution in [0.3, 0.4) is 0 Å². The maximum Gasteiger partial charge on any atom is 0.264 e. The number of hydrogen-bond donors (Lipinski definition) is 1. The molecule has 34 heavy (non-hydrogen) atoms. The fourth-order valence-corrected chi connectivity index (χ4v) is 4.77. The summed E-state index contributed by atoms with van der Waals surface area (Å²) < 4.78 is 33.5. The van der Waals surface area contributed by atoms with E-state index in [1.807, 2.05) is 50.2 Å². The third kappa shape index (κ3) is 6.45. The Balaban J connectivity index is 1.77. The first-order chi connectivity index (χ1) is 16.5. The predicted octanol–water partition coefficient (Wildman–Crippen LogP) is 4.38. The summed E-state index contributed by atoms with van der Waals surface area (Å²) in [5.41, 5.74) is 4.50. The maximum absolute atomic E-state index is 13.4. The van der Waals surface area contributed by atoms with Gasteiger partial charge in [-0.05, 0) is 66.4 Å². The lowest BCUT2D eigenvalue weighted by Gasteiger charge is -2.25. The number of anilines is 1. The highest BCUT2D eigenvalue weighted by Crippen LogP contribution is 2.27. The van der Waals surface area contributed by atoms with E-state index in [0.29, 0.717) is 18.7 Å². The summed E-state index contributed by atoms with van der Waals surface area (Å²) >= 11 is 0. The zero-order chi connectivity index (χ0) is 24.4. The SMILES string of the molecule is CCCOc1ccc(/C=N\NC(=O)CN(c2ccccc2CC)S(=O)(=O)c2ccccc2)cc1. The molecule has 3 aromatic rings. The second-order valence-electron chi connectivity index (χ2n) is 7.52. The van der Waals surface area contributed by atoms with Gasteiger partial charge in [-0.25, -0.2) is 13.8 Å². The van der Waals surface area contributed by atoms with Crippen molar-refractivity contribution >= 4 is 27.8 Å². The number of nitrogens with one attached hydrogen (secondary N) is 1. The molecule has 0 fully saturated rings. The zero-order valence-corrected chi connectivity index (χ0v) is 20.2. The highest BCUT2D eigenvalue weighted by molar-refractivity contribution is 7.92. The molecule has 0 spiro atoms. The molecule has 0 unspecified atom stereocenters. The standard InChI is InChI=1S/C26H29N3O4S/c1-3-18-33-23-16-14-21(15-17-23)19-27-28-26(30)20-29(25-13-9-8-10-22(25)4-2)34(31,32)24-11-6-5-7-12-24/h5-17,19H,3-4,18,20H2,1-2H3,(H,28,30)/b27-19-. The number of aryl methyl sites for hydroxylation is 1. The first-order valence-corrected chi connectivity index (χ1v) is 12.6. The molecule has 0 bridgehead atoms. The summed E-state index contributed by atoms with van der Waals surface area (Å²) in [6.07, 6.45) is 3.04. The molecule has 0 aliphatic rings. The fraction of sp³-hybridized carbons (Fsp3) is 0.231. The highest BCUT2D eigenvalue weighted by atomic mass is 32.2. The Morgan fingerprint density at radius 2 is 1.65 bits per heavy atom. The molecule has 0 aromatic heterocycles. The lowest BCUT2D eigenvalue weighted by Crippen LogP contribution is -2.40. The van der Waals surface area contributed by atoms with Crippen molar-refractivity contribution in [3.63, 3.8) is 0 Å². The van der Waals surface area contributed by atoms with Gasteiger partial charge in [-0.2, -0.15) is 5.10 Å².